The van der Waals surface area contributed by atoms with Crippen LogP contribution in [0, 0.1) is 0 Å². The van der Waals surface area contributed by atoms with Crippen molar-refractivity contribution in [2.75, 3.05) is 40.9 Å². The molecule has 3 atom stereocenters. The second-order valence-electron chi connectivity index (χ2n) is 19.9. The SMILES string of the molecule is CC/C=C\C/C=C\C/C=C\C/C=C\C/C=C\C/C=C\C/C=C\CCCCCCCCCCCCCCCCCC(=O)NC(COP(=O)([O-])OCC[N+](C)(C)C)C(O)/C=C/CC/C=C/CC/C=C/CCCC. The third kappa shape index (κ3) is 54.5. The third-order valence-corrected chi connectivity index (χ3v) is 12.8. The number of phosphoric acid groups is 1. The van der Waals surface area contributed by atoms with E-state index < -0.39 is 26.6 Å². The number of aliphatic hydroxyl groups excluding tert-OH is 1. The Morgan fingerprint density at radius 1 is 0.507 bits per heavy atom. The van der Waals surface area contributed by atoms with Gasteiger partial charge in [0, 0.05) is 6.42 Å². The van der Waals surface area contributed by atoms with E-state index in [4.69, 9.17) is 9.05 Å². The first kappa shape index (κ1) is 67.9. The molecule has 0 aliphatic heterocycles. The molecule has 0 aliphatic carbocycles. The first-order valence-electron chi connectivity index (χ1n) is 28.4. The number of unbranched alkanes of at least 4 members (excludes halogenated alkanes) is 19. The number of hydrogen-bond acceptors (Lipinski definition) is 6. The zero-order chi connectivity index (χ0) is 52.0. The van der Waals surface area contributed by atoms with Crippen molar-refractivity contribution in [3.8, 4) is 0 Å². The normalized spacial score (nSPS) is 14.9. The van der Waals surface area contributed by atoms with Gasteiger partial charge in [0.05, 0.1) is 39.9 Å². The lowest BCUT2D eigenvalue weighted by Crippen LogP contribution is -2.45. The van der Waals surface area contributed by atoms with Crippen molar-refractivity contribution in [1.29, 1.82) is 0 Å². The fraction of sp³-hybridized carbons (Fsp3) is 0.661. The average molecular weight is 1010 g/mol. The summed E-state index contributed by atoms with van der Waals surface area (Å²) in [5.74, 6) is -0.218. The molecule has 0 aromatic rings. The zero-order valence-corrected chi connectivity index (χ0v) is 47.0. The molecule has 71 heavy (non-hydrogen) atoms. The predicted molar refractivity (Wildman–Crippen MR) is 306 cm³/mol. The van der Waals surface area contributed by atoms with Crippen LogP contribution in [0.15, 0.2) is 122 Å². The summed E-state index contributed by atoms with van der Waals surface area (Å²) in [6, 6.07) is -0.915. The highest BCUT2D eigenvalue weighted by molar-refractivity contribution is 7.45. The molecule has 0 aromatic carbocycles. The molecule has 0 rings (SSSR count). The first-order valence-corrected chi connectivity index (χ1v) is 29.9. The summed E-state index contributed by atoms with van der Waals surface area (Å²) >= 11 is 0. The molecule has 3 unspecified atom stereocenters. The number of quaternary nitrogens is 1. The summed E-state index contributed by atoms with van der Waals surface area (Å²) in [6.45, 7) is 4.44. The minimum Gasteiger partial charge on any atom is -0.756 e. The number of aliphatic hydroxyl groups is 1. The Kier molecular flexibility index (Phi) is 49.5. The van der Waals surface area contributed by atoms with Crippen LogP contribution in [0.3, 0.4) is 0 Å². The highest BCUT2D eigenvalue weighted by Crippen LogP contribution is 2.38. The van der Waals surface area contributed by atoms with Crippen LogP contribution >= 0.6 is 7.82 Å². The second kappa shape index (κ2) is 51.8. The number of amides is 1. The fourth-order valence-corrected chi connectivity index (χ4v) is 8.17. The van der Waals surface area contributed by atoms with Crippen LogP contribution in [0.2, 0.25) is 0 Å². The molecule has 0 aliphatic rings. The molecule has 0 saturated carbocycles. The van der Waals surface area contributed by atoms with Crippen molar-refractivity contribution in [3.63, 3.8) is 0 Å². The minimum absolute atomic E-state index is 0.0138. The van der Waals surface area contributed by atoms with Gasteiger partial charge >= 0.3 is 0 Å². The zero-order valence-electron chi connectivity index (χ0n) is 46.1. The Morgan fingerprint density at radius 2 is 0.873 bits per heavy atom. The molecule has 0 saturated heterocycles. The largest absolute Gasteiger partial charge is 0.756 e. The van der Waals surface area contributed by atoms with Crippen LogP contribution in [-0.4, -0.2) is 68.5 Å². The third-order valence-electron chi connectivity index (χ3n) is 11.9. The van der Waals surface area contributed by atoms with Crippen molar-refractivity contribution in [2.45, 2.75) is 225 Å². The van der Waals surface area contributed by atoms with E-state index in [1.54, 1.807) is 6.08 Å². The number of carbonyl (C=O) groups is 1. The van der Waals surface area contributed by atoms with Crippen molar-refractivity contribution in [1.82, 2.24) is 5.32 Å². The lowest BCUT2D eigenvalue weighted by Gasteiger charge is -2.29. The highest BCUT2D eigenvalue weighted by atomic mass is 31.2. The molecule has 0 spiro atoms. The van der Waals surface area contributed by atoms with Crippen molar-refractivity contribution >= 4 is 13.7 Å². The van der Waals surface area contributed by atoms with E-state index in [1.165, 1.54) is 96.3 Å². The van der Waals surface area contributed by atoms with Crippen LogP contribution in [0.5, 0.6) is 0 Å². The van der Waals surface area contributed by atoms with Gasteiger partial charge in [-0.1, -0.05) is 232 Å². The van der Waals surface area contributed by atoms with Gasteiger partial charge in [-0.15, -0.1) is 0 Å². The Labute approximate surface area is 437 Å². The number of rotatable bonds is 50. The lowest BCUT2D eigenvalue weighted by atomic mass is 10.0. The Morgan fingerprint density at radius 3 is 1.31 bits per heavy atom. The summed E-state index contributed by atoms with van der Waals surface area (Å²) in [7, 11) is 1.22. The summed E-state index contributed by atoms with van der Waals surface area (Å²) in [5, 5.41) is 13.8. The monoisotopic (exact) mass is 1010 g/mol. The van der Waals surface area contributed by atoms with E-state index >= 15 is 0 Å². The average Bonchev–Trinajstić information content (AvgIpc) is 3.33. The van der Waals surface area contributed by atoms with Gasteiger partial charge in [-0.05, 0) is 96.3 Å². The Bertz CT molecular complexity index is 1560. The summed E-state index contributed by atoms with van der Waals surface area (Å²) < 4.78 is 23.2. The molecule has 0 heterocycles. The second-order valence-corrected chi connectivity index (χ2v) is 21.3. The van der Waals surface area contributed by atoms with Crippen molar-refractivity contribution in [3.05, 3.63) is 122 Å². The number of nitrogens with zero attached hydrogens (tertiary/aromatic N) is 1. The van der Waals surface area contributed by atoms with Crippen LogP contribution in [-0.2, 0) is 18.4 Å². The summed E-state index contributed by atoms with van der Waals surface area (Å²) in [5.41, 5.74) is 0. The van der Waals surface area contributed by atoms with Crippen LogP contribution in [0.25, 0.3) is 0 Å². The number of allylic oxidation sites excluding steroid dienone is 19. The maximum absolute atomic E-state index is 12.9. The van der Waals surface area contributed by atoms with Gasteiger partial charge in [0.2, 0.25) is 5.91 Å². The number of nitrogens with one attached hydrogen (secondary N) is 1. The number of carbonyl (C=O) groups excluding carboxylic acids is 1. The Hall–Kier alpha value is -3.10. The molecular formula is C62H107N2O6P. The number of hydrogen-bond donors (Lipinski definition) is 2. The van der Waals surface area contributed by atoms with E-state index in [-0.39, 0.29) is 12.5 Å². The van der Waals surface area contributed by atoms with Gasteiger partial charge < -0.3 is 28.8 Å². The molecule has 8 nitrogen and oxygen atoms in total. The molecular weight excluding hydrogens is 900 g/mol. The quantitative estimate of drug-likeness (QED) is 0.0272. The van der Waals surface area contributed by atoms with Crippen LogP contribution in [0.1, 0.15) is 213 Å². The molecule has 9 heteroatoms. The van der Waals surface area contributed by atoms with E-state index in [1.807, 2.05) is 27.2 Å². The van der Waals surface area contributed by atoms with Crippen molar-refractivity contribution in [2.24, 2.45) is 0 Å². The predicted octanol–water partition coefficient (Wildman–Crippen LogP) is 16.7. The maximum atomic E-state index is 12.9. The van der Waals surface area contributed by atoms with Gasteiger partial charge in [-0.3, -0.25) is 9.36 Å². The topological polar surface area (TPSA) is 108 Å². The smallest absolute Gasteiger partial charge is 0.268 e. The van der Waals surface area contributed by atoms with E-state index in [0.29, 0.717) is 17.4 Å². The van der Waals surface area contributed by atoms with Gasteiger partial charge in [0.15, 0.2) is 0 Å². The minimum atomic E-state index is -4.61. The number of phosphoric ester groups is 1. The molecule has 0 bridgehead atoms. The van der Waals surface area contributed by atoms with Gasteiger partial charge in [-0.2, -0.15) is 0 Å². The molecule has 0 radical (unpaired) electrons. The van der Waals surface area contributed by atoms with E-state index in [9.17, 15) is 19.4 Å². The summed E-state index contributed by atoms with van der Waals surface area (Å²) in [6.07, 6.45) is 77.2. The molecule has 406 valence electrons. The maximum Gasteiger partial charge on any atom is 0.268 e. The van der Waals surface area contributed by atoms with Gasteiger partial charge in [0.1, 0.15) is 13.2 Å². The Balaban J connectivity index is 4.05. The van der Waals surface area contributed by atoms with Gasteiger partial charge in [-0.25, -0.2) is 0 Å². The standard InChI is InChI=1S/C62H107N2O6P/c1-6-8-10-12-14-16-18-20-21-22-23-24-25-26-27-28-29-30-31-32-33-34-35-36-37-38-39-40-41-42-43-44-46-48-50-52-54-56-62(66)63-60(59-70-71(67,68)69-58-57-64(3,4)5)61(65)55-53-51-49-47-45-19-17-15-13-11-9-7-2/h8,10,13-16,20-21,23-24,26-27,29-30,32-33,45,47,53,55,60-61,65H,6-7,9,11-12,17-19,22,25,28,31,34-44,46,48-52,54,56-59H2,1-5H3,(H-,63,66,67,68)/b10-8-,15-13+,16-14-,21-20-,24-23-,27-26-,30-29-,33-32-,47-45+,55-53+. The molecule has 0 aromatic heterocycles. The highest BCUT2D eigenvalue weighted by Gasteiger charge is 2.23. The molecule has 1 amide bonds. The van der Waals surface area contributed by atoms with E-state index in [0.717, 1.165) is 96.3 Å². The molecule has 0 fully saturated rings. The first-order chi connectivity index (χ1) is 34.5. The number of likely N-dealkylation sites (N-methyl/N-ethyl adjacent to an activating group) is 1. The van der Waals surface area contributed by atoms with E-state index in [2.05, 4.69) is 129 Å². The molecule has 2 N–H and O–H groups in total. The fourth-order valence-electron chi connectivity index (χ4n) is 7.44. The lowest BCUT2D eigenvalue weighted by molar-refractivity contribution is -0.870. The van der Waals surface area contributed by atoms with Crippen LogP contribution in [0.4, 0.5) is 0 Å². The van der Waals surface area contributed by atoms with Gasteiger partial charge in [0.25, 0.3) is 7.82 Å². The van der Waals surface area contributed by atoms with Crippen molar-refractivity contribution < 1.29 is 32.9 Å². The summed E-state index contributed by atoms with van der Waals surface area (Å²) in [4.78, 5) is 25.4. The van der Waals surface area contributed by atoms with Crippen LogP contribution < -0.4 is 10.2 Å².